The zero-order valence-corrected chi connectivity index (χ0v) is 13.9. The lowest BCUT2D eigenvalue weighted by molar-refractivity contribution is 0.104. The lowest BCUT2D eigenvalue weighted by Gasteiger charge is -2.12. The molecule has 0 aliphatic carbocycles. The molecule has 0 aliphatic heterocycles. The van der Waals surface area contributed by atoms with Gasteiger partial charge in [0.2, 0.25) is 0 Å². The van der Waals surface area contributed by atoms with Gasteiger partial charge in [-0.1, -0.05) is 23.7 Å². The Bertz CT molecular complexity index is 738. The van der Waals surface area contributed by atoms with Crippen molar-refractivity contribution in [1.82, 2.24) is 0 Å². The van der Waals surface area contributed by atoms with Gasteiger partial charge < -0.3 is 14.2 Å². The molecule has 2 aromatic carbocycles. The van der Waals surface area contributed by atoms with Crippen LogP contribution >= 0.6 is 11.6 Å². The van der Waals surface area contributed by atoms with E-state index in [0.29, 0.717) is 33.4 Å². The summed E-state index contributed by atoms with van der Waals surface area (Å²) in [5, 5.41) is 0.521. The van der Waals surface area contributed by atoms with E-state index in [1.54, 1.807) is 63.8 Å². The number of ketones is 1. The van der Waals surface area contributed by atoms with E-state index in [9.17, 15) is 4.79 Å². The van der Waals surface area contributed by atoms with Gasteiger partial charge in [-0.2, -0.15) is 0 Å². The Kier molecular flexibility index (Phi) is 5.66. The number of carbonyl (C=O) groups is 1. The lowest BCUT2D eigenvalue weighted by Crippen LogP contribution is -1.96. The molecule has 0 atom stereocenters. The zero-order valence-electron chi connectivity index (χ0n) is 13.1. The summed E-state index contributed by atoms with van der Waals surface area (Å²) < 4.78 is 15.8. The fourth-order valence-electron chi connectivity index (χ4n) is 2.09. The third-order valence-corrected chi connectivity index (χ3v) is 3.49. The summed E-state index contributed by atoms with van der Waals surface area (Å²) in [6, 6.07) is 10.3. The molecule has 0 amide bonds. The quantitative estimate of drug-likeness (QED) is 0.585. The first kappa shape index (κ1) is 16.9. The van der Waals surface area contributed by atoms with Gasteiger partial charge >= 0.3 is 0 Å². The molecule has 0 saturated carbocycles. The molecule has 0 fully saturated rings. The van der Waals surface area contributed by atoms with Crippen LogP contribution in [0.15, 0.2) is 42.5 Å². The Morgan fingerprint density at radius 3 is 2.22 bits per heavy atom. The van der Waals surface area contributed by atoms with Gasteiger partial charge in [-0.3, -0.25) is 4.79 Å². The summed E-state index contributed by atoms with van der Waals surface area (Å²) in [4.78, 5) is 12.2. The summed E-state index contributed by atoms with van der Waals surface area (Å²) >= 11 is 5.90. The standard InChI is InChI=1S/C18H17ClO4/c1-21-16-11-18(23-3)17(22-2)10-13(16)7-8-15(20)12-5-4-6-14(19)9-12/h4-11H,1-3H3/b8-7+. The Morgan fingerprint density at radius 2 is 1.61 bits per heavy atom. The van der Waals surface area contributed by atoms with Gasteiger partial charge in [0.1, 0.15) is 5.75 Å². The van der Waals surface area contributed by atoms with Crippen LogP contribution in [0.25, 0.3) is 6.08 Å². The van der Waals surface area contributed by atoms with Gasteiger partial charge in [-0.15, -0.1) is 0 Å². The number of rotatable bonds is 6. The molecule has 0 aliphatic rings. The lowest BCUT2D eigenvalue weighted by atomic mass is 10.1. The SMILES string of the molecule is COc1cc(OC)c(OC)cc1/C=C/C(=O)c1cccc(Cl)c1. The smallest absolute Gasteiger partial charge is 0.185 e. The van der Waals surface area contributed by atoms with Crippen molar-refractivity contribution in [1.29, 1.82) is 0 Å². The number of halogens is 1. The molecule has 4 nitrogen and oxygen atoms in total. The number of methoxy groups -OCH3 is 3. The highest BCUT2D eigenvalue weighted by Crippen LogP contribution is 2.35. The Morgan fingerprint density at radius 1 is 0.957 bits per heavy atom. The highest BCUT2D eigenvalue weighted by Gasteiger charge is 2.10. The second-order valence-corrected chi connectivity index (χ2v) is 5.09. The average Bonchev–Trinajstić information content (AvgIpc) is 2.58. The van der Waals surface area contributed by atoms with Gasteiger partial charge in [-0.25, -0.2) is 0 Å². The molecule has 0 N–H and O–H groups in total. The monoisotopic (exact) mass is 332 g/mol. The van der Waals surface area contributed by atoms with Crippen molar-refractivity contribution in [2.45, 2.75) is 0 Å². The topological polar surface area (TPSA) is 44.8 Å². The van der Waals surface area contributed by atoms with Gasteiger partial charge in [-0.05, 0) is 30.4 Å². The van der Waals surface area contributed by atoms with Crippen molar-refractivity contribution >= 4 is 23.5 Å². The van der Waals surface area contributed by atoms with Crippen LogP contribution in [-0.4, -0.2) is 27.1 Å². The molecular formula is C18H17ClO4. The highest BCUT2D eigenvalue weighted by atomic mass is 35.5. The van der Waals surface area contributed by atoms with Crippen LogP contribution in [-0.2, 0) is 0 Å². The number of carbonyl (C=O) groups excluding carboxylic acids is 1. The van der Waals surface area contributed by atoms with E-state index in [0.717, 1.165) is 0 Å². The number of allylic oxidation sites excluding steroid dienone is 1. The maximum Gasteiger partial charge on any atom is 0.185 e. The van der Waals surface area contributed by atoms with E-state index in [-0.39, 0.29) is 5.78 Å². The van der Waals surface area contributed by atoms with Crippen LogP contribution in [0.2, 0.25) is 5.02 Å². The molecule has 0 radical (unpaired) electrons. The fourth-order valence-corrected chi connectivity index (χ4v) is 2.28. The van der Waals surface area contributed by atoms with Crippen LogP contribution in [0.5, 0.6) is 17.2 Å². The second-order valence-electron chi connectivity index (χ2n) is 4.66. The van der Waals surface area contributed by atoms with Crippen molar-refractivity contribution in [2.24, 2.45) is 0 Å². The number of ether oxygens (including phenoxy) is 3. The summed E-state index contributed by atoms with van der Waals surface area (Å²) in [6.45, 7) is 0. The molecule has 0 aromatic heterocycles. The van der Waals surface area contributed by atoms with Crippen LogP contribution in [0, 0.1) is 0 Å². The normalized spacial score (nSPS) is 10.6. The number of benzene rings is 2. The Balaban J connectivity index is 2.33. The maximum atomic E-state index is 12.2. The predicted octanol–water partition coefficient (Wildman–Crippen LogP) is 4.26. The maximum absolute atomic E-state index is 12.2. The van der Waals surface area contributed by atoms with Gasteiger partial charge in [0.15, 0.2) is 17.3 Å². The summed E-state index contributed by atoms with van der Waals surface area (Å²) in [7, 11) is 4.65. The van der Waals surface area contributed by atoms with Crippen LogP contribution in [0.4, 0.5) is 0 Å². The number of hydrogen-bond acceptors (Lipinski definition) is 4. The van der Waals surface area contributed by atoms with Gasteiger partial charge in [0.25, 0.3) is 0 Å². The van der Waals surface area contributed by atoms with Crippen molar-refractivity contribution in [3.8, 4) is 17.2 Å². The summed E-state index contributed by atoms with van der Waals surface area (Å²) in [5.41, 5.74) is 1.23. The third-order valence-electron chi connectivity index (χ3n) is 3.26. The van der Waals surface area contributed by atoms with E-state index in [1.165, 1.54) is 6.08 Å². The van der Waals surface area contributed by atoms with Crippen molar-refractivity contribution in [3.63, 3.8) is 0 Å². The molecule has 0 spiro atoms. The van der Waals surface area contributed by atoms with Crippen LogP contribution in [0.3, 0.4) is 0 Å². The summed E-state index contributed by atoms with van der Waals surface area (Å²) in [6.07, 6.45) is 3.14. The molecule has 0 bridgehead atoms. The van der Waals surface area contributed by atoms with Crippen molar-refractivity contribution in [2.75, 3.05) is 21.3 Å². The van der Waals surface area contributed by atoms with E-state index >= 15 is 0 Å². The van der Waals surface area contributed by atoms with Crippen molar-refractivity contribution in [3.05, 3.63) is 58.6 Å². The minimum Gasteiger partial charge on any atom is -0.496 e. The van der Waals surface area contributed by atoms with Crippen LogP contribution < -0.4 is 14.2 Å². The van der Waals surface area contributed by atoms with Gasteiger partial charge in [0.05, 0.1) is 21.3 Å². The molecule has 5 heteroatoms. The Hall–Kier alpha value is -2.46. The summed E-state index contributed by atoms with van der Waals surface area (Å²) in [5.74, 6) is 1.55. The largest absolute Gasteiger partial charge is 0.496 e. The average molecular weight is 333 g/mol. The second kappa shape index (κ2) is 7.70. The van der Waals surface area contributed by atoms with E-state index in [1.807, 2.05) is 0 Å². The fraction of sp³-hybridized carbons (Fsp3) is 0.167. The molecule has 120 valence electrons. The molecule has 0 saturated heterocycles. The minimum absolute atomic E-state index is 0.149. The first-order chi connectivity index (χ1) is 11.1. The van der Waals surface area contributed by atoms with E-state index < -0.39 is 0 Å². The van der Waals surface area contributed by atoms with E-state index in [4.69, 9.17) is 25.8 Å². The minimum atomic E-state index is -0.149. The highest BCUT2D eigenvalue weighted by molar-refractivity contribution is 6.31. The predicted molar refractivity (Wildman–Crippen MR) is 90.9 cm³/mol. The molecule has 23 heavy (non-hydrogen) atoms. The number of hydrogen-bond donors (Lipinski definition) is 0. The first-order valence-corrected chi connectivity index (χ1v) is 7.24. The van der Waals surface area contributed by atoms with Crippen molar-refractivity contribution < 1.29 is 19.0 Å². The molecule has 2 aromatic rings. The molecule has 2 rings (SSSR count). The van der Waals surface area contributed by atoms with Crippen LogP contribution in [0.1, 0.15) is 15.9 Å². The Labute approximate surface area is 140 Å². The third kappa shape index (κ3) is 4.05. The first-order valence-electron chi connectivity index (χ1n) is 6.87. The van der Waals surface area contributed by atoms with E-state index in [2.05, 4.69) is 0 Å². The zero-order chi connectivity index (χ0) is 16.8. The molecule has 0 heterocycles. The molecular weight excluding hydrogens is 316 g/mol. The molecule has 0 unspecified atom stereocenters. The van der Waals surface area contributed by atoms with Gasteiger partial charge in [0, 0.05) is 22.2 Å².